The van der Waals surface area contributed by atoms with Crippen LogP contribution in [0.25, 0.3) is 0 Å². The van der Waals surface area contributed by atoms with Crippen molar-refractivity contribution in [2.75, 3.05) is 7.11 Å². The smallest absolute Gasteiger partial charge is 0.310 e. The van der Waals surface area contributed by atoms with Crippen molar-refractivity contribution in [3.8, 4) is 5.75 Å². The number of hydrogen-bond donors (Lipinski definition) is 1. The Bertz CT molecular complexity index is 333. The standard InChI is InChI=1S/C11H14O3/c1-7-4-8(2)9(10(12)5-7)6-11(13)14-3/h4-5,12H,6H2,1-3H3. The average molecular weight is 194 g/mol. The molecule has 0 spiro atoms. The van der Waals surface area contributed by atoms with Crippen molar-refractivity contribution in [2.45, 2.75) is 20.3 Å². The van der Waals surface area contributed by atoms with Crippen molar-refractivity contribution < 1.29 is 14.6 Å². The van der Waals surface area contributed by atoms with Crippen LogP contribution in [0.2, 0.25) is 0 Å². The van der Waals surface area contributed by atoms with E-state index < -0.39 is 0 Å². The molecule has 0 unspecified atom stereocenters. The molecule has 1 aromatic rings. The van der Waals surface area contributed by atoms with Gasteiger partial charge in [-0.05, 0) is 31.0 Å². The normalized spacial score (nSPS) is 9.93. The third-order valence-corrected chi connectivity index (χ3v) is 2.14. The van der Waals surface area contributed by atoms with Gasteiger partial charge in [-0.15, -0.1) is 0 Å². The summed E-state index contributed by atoms with van der Waals surface area (Å²) < 4.78 is 4.54. The molecule has 76 valence electrons. The van der Waals surface area contributed by atoms with E-state index in [2.05, 4.69) is 4.74 Å². The maximum Gasteiger partial charge on any atom is 0.310 e. The molecule has 0 saturated carbocycles. The second-order valence-electron chi connectivity index (χ2n) is 3.33. The van der Waals surface area contributed by atoms with Gasteiger partial charge in [0.05, 0.1) is 13.5 Å². The van der Waals surface area contributed by atoms with E-state index in [-0.39, 0.29) is 18.1 Å². The first kappa shape index (κ1) is 10.6. The third kappa shape index (κ3) is 2.25. The highest BCUT2D eigenvalue weighted by molar-refractivity contribution is 5.74. The Labute approximate surface area is 83.3 Å². The summed E-state index contributed by atoms with van der Waals surface area (Å²) in [5.74, 6) is -0.180. The van der Waals surface area contributed by atoms with Gasteiger partial charge in [-0.25, -0.2) is 0 Å². The van der Waals surface area contributed by atoms with Crippen molar-refractivity contribution >= 4 is 5.97 Å². The van der Waals surface area contributed by atoms with E-state index in [1.54, 1.807) is 6.07 Å². The number of aromatic hydroxyl groups is 1. The van der Waals surface area contributed by atoms with Crippen molar-refractivity contribution in [1.29, 1.82) is 0 Å². The molecular formula is C11H14O3. The van der Waals surface area contributed by atoms with Crippen LogP contribution < -0.4 is 0 Å². The monoisotopic (exact) mass is 194 g/mol. The Morgan fingerprint density at radius 3 is 2.57 bits per heavy atom. The maximum atomic E-state index is 11.0. The van der Waals surface area contributed by atoms with Crippen LogP contribution in [0.3, 0.4) is 0 Å². The highest BCUT2D eigenvalue weighted by atomic mass is 16.5. The number of ether oxygens (including phenoxy) is 1. The van der Waals surface area contributed by atoms with Gasteiger partial charge in [0.1, 0.15) is 5.75 Å². The number of carbonyl (C=O) groups excluding carboxylic acids is 1. The van der Waals surface area contributed by atoms with Crippen LogP contribution in [0.5, 0.6) is 5.75 Å². The lowest BCUT2D eigenvalue weighted by molar-refractivity contribution is -0.139. The number of carbonyl (C=O) groups is 1. The van der Waals surface area contributed by atoms with Gasteiger partial charge in [-0.2, -0.15) is 0 Å². The van der Waals surface area contributed by atoms with Gasteiger partial charge in [-0.1, -0.05) is 6.07 Å². The fourth-order valence-corrected chi connectivity index (χ4v) is 1.42. The second kappa shape index (κ2) is 4.13. The van der Waals surface area contributed by atoms with Gasteiger partial charge in [-0.3, -0.25) is 4.79 Å². The Morgan fingerprint density at radius 1 is 1.43 bits per heavy atom. The van der Waals surface area contributed by atoms with Crippen LogP contribution in [0, 0.1) is 13.8 Å². The van der Waals surface area contributed by atoms with E-state index in [0.29, 0.717) is 5.56 Å². The number of esters is 1. The van der Waals surface area contributed by atoms with E-state index in [9.17, 15) is 9.90 Å². The highest BCUT2D eigenvalue weighted by Crippen LogP contribution is 2.23. The van der Waals surface area contributed by atoms with Crippen molar-refractivity contribution in [1.82, 2.24) is 0 Å². The summed E-state index contributed by atoms with van der Waals surface area (Å²) in [6.07, 6.45) is 0.119. The van der Waals surface area contributed by atoms with Crippen LogP contribution in [0.15, 0.2) is 12.1 Å². The minimum absolute atomic E-state index is 0.119. The lowest BCUT2D eigenvalue weighted by Gasteiger charge is -2.08. The number of benzene rings is 1. The molecule has 1 N–H and O–H groups in total. The molecule has 0 saturated heterocycles. The van der Waals surface area contributed by atoms with Gasteiger partial charge >= 0.3 is 5.97 Å². The Morgan fingerprint density at radius 2 is 2.07 bits per heavy atom. The zero-order valence-corrected chi connectivity index (χ0v) is 8.63. The predicted octanol–water partition coefficient (Wildman–Crippen LogP) is 1.72. The SMILES string of the molecule is COC(=O)Cc1c(C)cc(C)cc1O. The average Bonchev–Trinajstić information content (AvgIpc) is 2.10. The van der Waals surface area contributed by atoms with E-state index in [4.69, 9.17) is 0 Å². The third-order valence-electron chi connectivity index (χ3n) is 2.14. The van der Waals surface area contributed by atoms with Gasteiger partial charge in [0.25, 0.3) is 0 Å². The number of methoxy groups -OCH3 is 1. The Balaban J connectivity index is 3.02. The first-order valence-electron chi connectivity index (χ1n) is 4.40. The van der Waals surface area contributed by atoms with Crippen LogP contribution in [0.4, 0.5) is 0 Å². The van der Waals surface area contributed by atoms with Gasteiger partial charge in [0.15, 0.2) is 0 Å². The van der Waals surface area contributed by atoms with Crippen LogP contribution in [-0.2, 0) is 16.0 Å². The molecule has 0 heterocycles. The lowest BCUT2D eigenvalue weighted by Crippen LogP contribution is -2.06. The van der Waals surface area contributed by atoms with Gasteiger partial charge in [0, 0.05) is 5.56 Å². The molecule has 3 heteroatoms. The summed E-state index contributed by atoms with van der Waals surface area (Å²) in [4.78, 5) is 11.0. The Hall–Kier alpha value is -1.51. The molecule has 0 aliphatic heterocycles. The minimum atomic E-state index is -0.341. The molecule has 1 rings (SSSR count). The molecule has 0 fully saturated rings. The van der Waals surface area contributed by atoms with E-state index in [0.717, 1.165) is 11.1 Å². The first-order valence-corrected chi connectivity index (χ1v) is 4.40. The van der Waals surface area contributed by atoms with E-state index in [1.807, 2.05) is 19.9 Å². The number of phenols is 1. The lowest BCUT2D eigenvalue weighted by atomic mass is 10.0. The minimum Gasteiger partial charge on any atom is -0.508 e. The highest BCUT2D eigenvalue weighted by Gasteiger charge is 2.10. The molecule has 0 bridgehead atoms. The zero-order valence-electron chi connectivity index (χ0n) is 8.63. The van der Waals surface area contributed by atoms with Crippen molar-refractivity contribution in [3.63, 3.8) is 0 Å². The van der Waals surface area contributed by atoms with Crippen molar-refractivity contribution in [3.05, 3.63) is 28.8 Å². The molecule has 0 radical (unpaired) electrons. The molecule has 0 amide bonds. The molecule has 0 aliphatic rings. The molecule has 1 aromatic carbocycles. The Kier molecular flexibility index (Phi) is 3.12. The second-order valence-corrected chi connectivity index (χ2v) is 3.33. The first-order chi connectivity index (χ1) is 6.54. The number of aryl methyl sites for hydroxylation is 2. The summed E-state index contributed by atoms with van der Waals surface area (Å²) in [6, 6.07) is 3.57. The summed E-state index contributed by atoms with van der Waals surface area (Å²) in [5.41, 5.74) is 2.53. The molecule has 3 nitrogen and oxygen atoms in total. The predicted molar refractivity (Wildman–Crippen MR) is 53.3 cm³/mol. The topological polar surface area (TPSA) is 46.5 Å². The maximum absolute atomic E-state index is 11.0. The quantitative estimate of drug-likeness (QED) is 0.729. The van der Waals surface area contributed by atoms with E-state index in [1.165, 1.54) is 7.11 Å². The van der Waals surface area contributed by atoms with Crippen LogP contribution >= 0.6 is 0 Å². The number of hydrogen-bond acceptors (Lipinski definition) is 3. The van der Waals surface area contributed by atoms with E-state index >= 15 is 0 Å². The summed E-state index contributed by atoms with van der Waals surface area (Å²) in [7, 11) is 1.34. The summed E-state index contributed by atoms with van der Waals surface area (Å²) in [5, 5.41) is 9.61. The van der Waals surface area contributed by atoms with Crippen molar-refractivity contribution in [2.24, 2.45) is 0 Å². The molecule has 14 heavy (non-hydrogen) atoms. The zero-order chi connectivity index (χ0) is 10.7. The van der Waals surface area contributed by atoms with Crippen LogP contribution in [0.1, 0.15) is 16.7 Å². The molecule has 0 aliphatic carbocycles. The number of rotatable bonds is 2. The largest absolute Gasteiger partial charge is 0.508 e. The number of phenolic OH excluding ortho intramolecular Hbond substituents is 1. The fraction of sp³-hybridized carbons (Fsp3) is 0.364. The molecule has 0 aromatic heterocycles. The van der Waals surface area contributed by atoms with Crippen LogP contribution in [-0.4, -0.2) is 18.2 Å². The molecular weight excluding hydrogens is 180 g/mol. The summed E-state index contributed by atoms with van der Waals surface area (Å²) >= 11 is 0. The van der Waals surface area contributed by atoms with Gasteiger partial charge in [0.2, 0.25) is 0 Å². The summed E-state index contributed by atoms with van der Waals surface area (Å²) in [6.45, 7) is 3.76. The fourth-order valence-electron chi connectivity index (χ4n) is 1.42. The molecule has 0 atom stereocenters. The van der Waals surface area contributed by atoms with Gasteiger partial charge < -0.3 is 9.84 Å².